The average molecular weight is 220 g/mol. The van der Waals surface area contributed by atoms with Crippen LogP contribution in [-0.2, 0) is 0 Å². The highest BCUT2D eigenvalue weighted by Gasteiger charge is 2.36. The normalized spacial score (nSPS) is 14.7. The molecule has 1 atom stereocenters. The van der Waals surface area contributed by atoms with E-state index < -0.39 is 18.5 Å². The summed E-state index contributed by atoms with van der Waals surface area (Å²) in [5.74, 6) is 0. The van der Waals surface area contributed by atoms with Gasteiger partial charge < -0.3 is 25.3 Å². The Morgan fingerprint density at radius 2 is 1.40 bits per heavy atom. The molecule has 0 spiro atoms. The summed E-state index contributed by atoms with van der Waals surface area (Å²) in [6.07, 6.45) is 0.427. The highest BCUT2D eigenvalue weighted by molar-refractivity contribution is 6.30. The van der Waals surface area contributed by atoms with Crippen LogP contribution in [0.5, 0.6) is 0 Å². The highest BCUT2D eigenvalue weighted by Crippen LogP contribution is 2.27. The molecule has 0 saturated carbocycles. The number of hydrogen-bond donors (Lipinski definition) is 5. The van der Waals surface area contributed by atoms with Crippen molar-refractivity contribution in [3.63, 3.8) is 0 Å². The van der Waals surface area contributed by atoms with Crippen LogP contribution in [0.4, 0.5) is 0 Å². The summed E-state index contributed by atoms with van der Waals surface area (Å²) in [6, 6.07) is 0. The van der Waals surface area contributed by atoms with Gasteiger partial charge in [-0.2, -0.15) is 0 Å². The first kappa shape index (κ1) is 17.0. The smallest absolute Gasteiger partial charge is 0.402 e. The van der Waals surface area contributed by atoms with Gasteiger partial charge in [0, 0.05) is 0 Å². The Bertz CT molecular complexity index is 192. The zero-order valence-electron chi connectivity index (χ0n) is 9.73. The molecule has 0 aliphatic heterocycles. The quantitative estimate of drug-likeness (QED) is 0.323. The molecule has 0 fully saturated rings. The van der Waals surface area contributed by atoms with Gasteiger partial charge in [-0.1, -0.05) is 5.57 Å². The fourth-order valence-corrected chi connectivity index (χ4v) is 0.804. The lowest BCUT2D eigenvalue weighted by Gasteiger charge is -2.35. The van der Waals surface area contributed by atoms with E-state index in [9.17, 15) is 10.2 Å². The minimum absolute atomic E-state index is 0.427. The third-order valence-corrected chi connectivity index (χ3v) is 1.96. The third kappa shape index (κ3) is 9.90. The molecule has 0 rings (SSSR count). The molecule has 0 bridgehead atoms. The third-order valence-electron chi connectivity index (χ3n) is 1.96. The minimum atomic E-state index is -2.17. The van der Waals surface area contributed by atoms with Crippen molar-refractivity contribution in [3.05, 3.63) is 12.2 Å². The molecule has 0 aliphatic rings. The SMILES string of the molecule is C=C(C)CC(C)(O)C(C)(C)O.OB(O)O. The monoisotopic (exact) mass is 220 g/mol. The van der Waals surface area contributed by atoms with Crippen LogP contribution in [0, 0.1) is 0 Å². The van der Waals surface area contributed by atoms with Crippen molar-refractivity contribution in [1.82, 2.24) is 0 Å². The summed E-state index contributed by atoms with van der Waals surface area (Å²) in [5, 5.41) is 40.7. The van der Waals surface area contributed by atoms with Crippen LogP contribution in [0.15, 0.2) is 12.2 Å². The number of aliphatic hydroxyl groups is 2. The van der Waals surface area contributed by atoms with Gasteiger partial charge in [0.15, 0.2) is 0 Å². The standard InChI is InChI=1S/C9H18O2.BH3O3/c1-7(2)6-9(5,11)8(3,4)10;2-1(3)4/h10-11H,1,6H2,2-5H3;2-4H. The average Bonchev–Trinajstić information content (AvgIpc) is 1.78. The first-order chi connectivity index (χ1) is 6.40. The fourth-order valence-electron chi connectivity index (χ4n) is 0.804. The highest BCUT2D eigenvalue weighted by atomic mass is 16.5. The van der Waals surface area contributed by atoms with Crippen molar-refractivity contribution in [2.75, 3.05) is 0 Å². The lowest BCUT2D eigenvalue weighted by Crippen LogP contribution is -2.47. The molecule has 0 heterocycles. The lowest BCUT2D eigenvalue weighted by molar-refractivity contribution is -0.118. The molecular formula is C9H21BO5. The van der Waals surface area contributed by atoms with Gasteiger partial charge in [-0.25, -0.2) is 0 Å². The van der Waals surface area contributed by atoms with Crippen LogP contribution in [0.2, 0.25) is 0 Å². The second kappa shape index (κ2) is 6.24. The summed E-state index contributed by atoms with van der Waals surface area (Å²) in [4.78, 5) is 0. The maximum absolute atomic E-state index is 9.71. The first-order valence-corrected chi connectivity index (χ1v) is 4.53. The molecule has 0 aromatic carbocycles. The van der Waals surface area contributed by atoms with Crippen LogP contribution < -0.4 is 0 Å². The molecule has 0 amide bonds. The molecule has 90 valence electrons. The maximum Gasteiger partial charge on any atom is 0.631 e. The van der Waals surface area contributed by atoms with Crippen LogP contribution in [0.1, 0.15) is 34.1 Å². The zero-order chi connectivity index (χ0) is 12.9. The van der Waals surface area contributed by atoms with Gasteiger partial charge >= 0.3 is 7.32 Å². The molecule has 0 radical (unpaired) electrons. The Hall–Kier alpha value is -0.395. The van der Waals surface area contributed by atoms with E-state index in [1.54, 1.807) is 20.8 Å². The maximum atomic E-state index is 9.71. The van der Waals surface area contributed by atoms with E-state index in [0.717, 1.165) is 5.57 Å². The van der Waals surface area contributed by atoms with Crippen LogP contribution >= 0.6 is 0 Å². The van der Waals surface area contributed by atoms with Crippen LogP contribution in [-0.4, -0.2) is 43.8 Å². The van der Waals surface area contributed by atoms with E-state index >= 15 is 0 Å². The Morgan fingerprint density at radius 1 is 1.13 bits per heavy atom. The van der Waals surface area contributed by atoms with Crippen molar-refractivity contribution in [2.45, 2.75) is 45.3 Å². The van der Waals surface area contributed by atoms with Gasteiger partial charge in [0.05, 0.1) is 11.2 Å². The van der Waals surface area contributed by atoms with Crippen molar-refractivity contribution >= 4 is 7.32 Å². The molecule has 5 nitrogen and oxygen atoms in total. The van der Waals surface area contributed by atoms with E-state index in [1.165, 1.54) is 0 Å². The molecule has 5 N–H and O–H groups in total. The Balaban J connectivity index is 0. The molecule has 0 aromatic heterocycles. The van der Waals surface area contributed by atoms with E-state index in [1.807, 2.05) is 6.92 Å². The van der Waals surface area contributed by atoms with Crippen molar-refractivity contribution < 1.29 is 25.3 Å². The summed E-state index contributed by atoms with van der Waals surface area (Å²) >= 11 is 0. The molecule has 15 heavy (non-hydrogen) atoms. The Morgan fingerprint density at radius 3 is 1.47 bits per heavy atom. The summed E-state index contributed by atoms with van der Waals surface area (Å²) in [6.45, 7) is 10.3. The van der Waals surface area contributed by atoms with Crippen molar-refractivity contribution in [2.24, 2.45) is 0 Å². The van der Waals surface area contributed by atoms with Gasteiger partial charge in [0.25, 0.3) is 0 Å². The zero-order valence-corrected chi connectivity index (χ0v) is 9.73. The predicted octanol–water partition coefficient (Wildman–Crippen LogP) is -0.577. The van der Waals surface area contributed by atoms with Gasteiger partial charge in [-0.15, -0.1) is 6.58 Å². The van der Waals surface area contributed by atoms with E-state index in [0.29, 0.717) is 6.42 Å². The van der Waals surface area contributed by atoms with Gasteiger partial charge in [-0.3, -0.25) is 0 Å². The minimum Gasteiger partial charge on any atom is -0.402 e. The van der Waals surface area contributed by atoms with Crippen LogP contribution in [0.25, 0.3) is 0 Å². The number of rotatable bonds is 3. The summed E-state index contributed by atoms with van der Waals surface area (Å²) < 4.78 is 0. The number of hydrogen-bond acceptors (Lipinski definition) is 5. The van der Waals surface area contributed by atoms with Crippen molar-refractivity contribution in [1.29, 1.82) is 0 Å². The molecule has 0 aromatic rings. The Labute approximate surface area is 90.9 Å². The molecule has 0 saturated heterocycles. The van der Waals surface area contributed by atoms with Crippen molar-refractivity contribution in [3.8, 4) is 0 Å². The largest absolute Gasteiger partial charge is 0.631 e. The Kier molecular flexibility index (Phi) is 7.08. The van der Waals surface area contributed by atoms with E-state index in [2.05, 4.69) is 6.58 Å². The van der Waals surface area contributed by atoms with Crippen LogP contribution in [0.3, 0.4) is 0 Å². The van der Waals surface area contributed by atoms with E-state index in [-0.39, 0.29) is 0 Å². The second-order valence-electron chi connectivity index (χ2n) is 4.31. The van der Waals surface area contributed by atoms with E-state index in [4.69, 9.17) is 15.1 Å². The van der Waals surface area contributed by atoms with Gasteiger partial charge in [0.2, 0.25) is 0 Å². The fraction of sp³-hybridized carbons (Fsp3) is 0.778. The van der Waals surface area contributed by atoms with Gasteiger partial charge in [0.1, 0.15) is 0 Å². The second-order valence-corrected chi connectivity index (χ2v) is 4.31. The lowest BCUT2D eigenvalue weighted by atomic mass is 9.83. The summed E-state index contributed by atoms with van der Waals surface area (Å²) in [5.41, 5.74) is -1.29. The van der Waals surface area contributed by atoms with Gasteiger partial charge in [-0.05, 0) is 34.1 Å². The topological polar surface area (TPSA) is 101 Å². The predicted molar refractivity (Wildman–Crippen MR) is 58.8 cm³/mol. The summed E-state index contributed by atoms with van der Waals surface area (Å²) in [7, 11) is -2.17. The first-order valence-electron chi connectivity index (χ1n) is 4.53. The molecule has 0 aliphatic carbocycles. The molecule has 6 heteroatoms. The molecular weight excluding hydrogens is 199 g/mol. The molecule has 1 unspecified atom stereocenters.